The van der Waals surface area contributed by atoms with Crippen LogP contribution in [0.4, 0.5) is 0 Å². The average Bonchev–Trinajstić information content (AvgIpc) is 2.11. The molecule has 0 radical (unpaired) electrons. The standard InChI is InChI=1S/C11H25NO/c1-6-10(4)13-8-11(7-12-5)9(2)3/h9-12H,6-8H2,1-5H3. The number of ether oxygens (including phenoxy) is 1. The highest BCUT2D eigenvalue weighted by molar-refractivity contribution is 4.64. The molecule has 1 N–H and O–H groups in total. The molecule has 0 aliphatic carbocycles. The first-order valence-electron chi connectivity index (χ1n) is 5.38. The van der Waals surface area contributed by atoms with Crippen LogP contribution in [-0.2, 0) is 4.74 Å². The summed E-state index contributed by atoms with van der Waals surface area (Å²) >= 11 is 0. The number of hydrogen-bond donors (Lipinski definition) is 1. The van der Waals surface area contributed by atoms with Gasteiger partial charge in [-0.15, -0.1) is 0 Å². The van der Waals surface area contributed by atoms with Gasteiger partial charge in [-0.3, -0.25) is 0 Å². The van der Waals surface area contributed by atoms with E-state index in [1.165, 1.54) is 0 Å². The van der Waals surface area contributed by atoms with Gasteiger partial charge in [0.05, 0.1) is 12.7 Å². The molecule has 0 aliphatic heterocycles. The third-order valence-corrected chi connectivity index (χ3v) is 2.58. The van der Waals surface area contributed by atoms with Crippen LogP contribution in [0.5, 0.6) is 0 Å². The molecule has 0 spiro atoms. The Morgan fingerprint density at radius 1 is 1.23 bits per heavy atom. The fourth-order valence-corrected chi connectivity index (χ4v) is 1.15. The second-order valence-corrected chi connectivity index (χ2v) is 4.11. The predicted molar refractivity (Wildman–Crippen MR) is 58.0 cm³/mol. The van der Waals surface area contributed by atoms with Crippen molar-refractivity contribution in [3.05, 3.63) is 0 Å². The van der Waals surface area contributed by atoms with Crippen LogP contribution in [0.15, 0.2) is 0 Å². The van der Waals surface area contributed by atoms with E-state index in [9.17, 15) is 0 Å². The van der Waals surface area contributed by atoms with Crippen LogP contribution in [0.3, 0.4) is 0 Å². The number of hydrogen-bond acceptors (Lipinski definition) is 2. The maximum Gasteiger partial charge on any atom is 0.0544 e. The lowest BCUT2D eigenvalue weighted by molar-refractivity contribution is 0.0277. The Hall–Kier alpha value is -0.0800. The van der Waals surface area contributed by atoms with Gasteiger partial charge in [0, 0.05) is 6.54 Å². The van der Waals surface area contributed by atoms with Crippen molar-refractivity contribution in [1.29, 1.82) is 0 Å². The topological polar surface area (TPSA) is 21.3 Å². The van der Waals surface area contributed by atoms with Gasteiger partial charge in [-0.05, 0) is 32.2 Å². The maximum absolute atomic E-state index is 5.73. The summed E-state index contributed by atoms with van der Waals surface area (Å²) in [4.78, 5) is 0. The zero-order valence-corrected chi connectivity index (χ0v) is 9.76. The van der Waals surface area contributed by atoms with Gasteiger partial charge in [-0.1, -0.05) is 20.8 Å². The highest BCUT2D eigenvalue weighted by Gasteiger charge is 2.13. The molecule has 0 fully saturated rings. The Morgan fingerprint density at radius 3 is 2.23 bits per heavy atom. The molecule has 2 atom stereocenters. The van der Waals surface area contributed by atoms with Crippen molar-refractivity contribution in [2.45, 2.75) is 40.2 Å². The lowest BCUT2D eigenvalue weighted by Gasteiger charge is -2.22. The summed E-state index contributed by atoms with van der Waals surface area (Å²) in [5, 5.41) is 3.21. The summed E-state index contributed by atoms with van der Waals surface area (Å²) in [6.45, 7) is 10.7. The Kier molecular flexibility index (Phi) is 7.29. The number of rotatable bonds is 7. The molecule has 0 heterocycles. The molecule has 2 nitrogen and oxygen atoms in total. The monoisotopic (exact) mass is 187 g/mol. The van der Waals surface area contributed by atoms with Crippen molar-refractivity contribution >= 4 is 0 Å². The van der Waals surface area contributed by atoms with Gasteiger partial charge in [-0.2, -0.15) is 0 Å². The molecule has 0 aromatic carbocycles. The molecular weight excluding hydrogens is 162 g/mol. The molecule has 0 saturated heterocycles. The van der Waals surface area contributed by atoms with E-state index >= 15 is 0 Å². The molecular formula is C11H25NO. The van der Waals surface area contributed by atoms with E-state index in [0.29, 0.717) is 17.9 Å². The van der Waals surface area contributed by atoms with Crippen LogP contribution in [0, 0.1) is 11.8 Å². The van der Waals surface area contributed by atoms with Crippen molar-refractivity contribution < 1.29 is 4.74 Å². The maximum atomic E-state index is 5.73. The van der Waals surface area contributed by atoms with E-state index < -0.39 is 0 Å². The van der Waals surface area contributed by atoms with Gasteiger partial charge in [0.15, 0.2) is 0 Å². The minimum Gasteiger partial charge on any atom is -0.378 e. The van der Waals surface area contributed by atoms with Gasteiger partial charge in [0.1, 0.15) is 0 Å². The molecule has 2 heteroatoms. The van der Waals surface area contributed by atoms with Gasteiger partial charge in [-0.25, -0.2) is 0 Å². The van der Waals surface area contributed by atoms with E-state index in [-0.39, 0.29) is 0 Å². The van der Waals surface area contributed by atoms with Crippen LogP contribution < -0.4 is 5.32 Å². The predicted octanol–water partition coefficient (Wildman–Crippen LogP) is 2.29. The smallest absolute Gasteiger partial charge is 0.0544 e. The molecule has 13 heavy (non-hydrogen) atoms. The second-order valence-electron chi connectivity index (χ2n) is 4.11. The fraction of sp³-hybridized carbons (Fsp3) is 1.00. The summed E-state index contributed by atoms with van der Waals surface area (Å²) in [6, 6.07) is 0. The second kappa shape index (κ2) is 7.34. The van der Waals surface area contributed by atoms with E-state index in [0.717, 1.165) is 19.6 Å². The quantitative estimate of drug-likeness (QED) is 0.660. The van der Waals surface area contributed by atoms with Gasteiger partial charge >= 0.3 is 0 Å². The van der Waals surface area contributed by atoms with Crippen molar-refractivity contribution in [2.24, 2.45) is 11.8 Å². The summed E-state index contributed by atoms with van der Waals surface area (Å²) in [6.07, 6.45) is 1.50. The minimum atomic E-state index is 0.401. The third-order valence-electron chi connectivity index (χ3n) is 2.58. The molecule has 2 unspecified atom stereocenters. The summed E-state index contributed by atoms with van der Waals surface area (Å²) in [7, 11) is 2.00. The SMILES string of the molecule is CCC(C)OCC(CNC)C(C)C. The van der Waals surface area contributed by atoms with Crippen molar-refractivity contribution in [2.75, 3.05) is 20.2 Å². The molecule has 0 amide bonds. The van der Waals surface area contributed by atoms with Crippen molar-refractivity contribution in [3.63, 3.8) is 0 Å². The van der Waals surface area contributed by atoms with E-state index in [1.54, 1.807) is 0 Å². The lowest BCUT2D eigenvalue weighted by Crippen LogP contribution is -2.28. The zero-order chi connectivity index (χ0) is 10.3. The lowest BCUT2D eigenvalue weighted by atomic mass is 9.97. The molecule has 80 valence electrons. The highest BCUT2D eigenvalue weighted by Crippen LogP contribution is 2.11. The molecule has 0 saturated carbocycles. The molecule has 0 aromatic heterocycles. The highest BCUT2D eigenvalue weighted by atomic mass is 16.5. The number of nitrogens with one attached hydrogen (secondary N) is 1. The van der Waals surface area contributed by atoms with Crippen LogP contribution in [0.2, 0.25) is 0 Å². The molecule has 0 aliphatic rings. The molecule has 0 bridgehead atoms. The zero-order valence-electron chi connectivity index (χ0n) is 9.76. The van der Waals surface area contributed by atoms with Gasteiger partial charge in [0.2, 0.25) is 0 Å². The van der Waals surface area contributed by atoms with Gasteiger partial charge < -0.3 is 10.1 Å². The van der Waals surface area contributed by atoms with Crippen LogP contribution in [-0.4, -0.2) is 26.3 Å². The largest absolute Gasteiger partial charge is 0.378 e. The summed E-state index contributed by atoms with van der Waals surface area (Å²) in [5.41, 5.74) is 0. The Morgan fingerprint density at radius 2 is 1.85 bits per heavy atom. The molecule has 0 aromatic rings. The Balaban J connectivity index is 3.68. The summed E-state index contributed by atoms with van der Waals surface area (Å²) < 4.78 is 5.73. The first kappa shape index (κ1) is 12.9. The molecule has 0 rings (SSSR count). The first-order chi connectivity index (χ1) is 6.11. The normalized spacial score (nSPS) is 16.2. The van der Waals surface area contributed by atoms with E-state index in [2.05, 4.69) is 33.0 Å². The van der Waals surface area contributed by atoms with E-state index in [4.69, 9.17) is 4.74 Å². The van der Waals surface area contributed by atoms with E-state index in [1.807, 2.05) is 7.05 Å². The third kappa shape index (κ3) is 6.05. The average molecular weight is 187 g/mol. The first-order valence-corrected chi connectivity index (χ1v) is 5.38. The van der Waals surface area contributed by atoms with Crippen LogP contribution >= 0.6 is 0 Å². The van der Waals surface area contributed by atoms with Crippen LogP contribution in [0.25, 0.3) is 0 Å². The van der Waals surface area contributed by atoms with Crippen molar-refractivity contribution in [3.8, 4) is 0 Å². The summed E-state index contributed by atoms with van der Waals surface area (Å²) in [5.74, 6) is 1.33. The Bertz CT molecular complexity index is 115. The van der Waals surface area contributed by atoms with Crippen molar-refractivity contribution in [1.82, 2.24) is 5.32 Å². The van der Waals surface area contributed by atoms with Gasteiger partial charge in [0.25, 0.3) is 0 Å². The van der Waals surface area contributed by atoms with Crippen LogP contribution in [0.1, 0.15) is 34.1 Å². The minimum absolute atomic E-state index is 0.401. The Labute approximate surface area is 83.1 Å². The fourth-order valence-electron chi connectivity index (χ4n) is 1.15.